The maximum Gasteiger partial charge on any atom is 0.416 e. The number of halogens is 13. The topological polar surface area (TPSA) is 40.6 Å². The summed E-state index contributed by atoms with van der Waals surface area (Å²) in [5.74, 6) is -0.268. The smallest absolute Gasteiger partial charge is 0.299 e. The van der Waals surface area contributed by atoms with Crippen molar-refractivity contribution in [2.45, 2.75) is 168 Å². The monoisotopic (exact) mass is 1240 g/mol. The summed E-state index contributed by atoms with van der Waals surface area (Å²) in [5, 5.41) is 0. The van der Waals surface area contributed by atoms with E-state index in [2.05, 4.69) is 38.7 Å². The molecule has 0 N–H and O–H groups in total. The first-order chi connectivity index (χ1) is 41.1. The zero-order valence-electron chi connectivity index (χ0n) is 51.1. The van der Waals surface area contributed by atoms with Crippen molar-refractivity contribution in [1.82, 2.24) is 9.80 Å². The number of hydrogen-bond acceptors (Lipinski definition) is 4. The molecule has 2 heterocycles. The van der Waals surface area contributed by atoms with Gasteiger partial charge in [-0.2, -0.15) is 52.7 Å². The van der Waals surface area contributed by atoms with Gasteiger partial charge in [0.05, 0.1) is 22.3 Å². The van der Waals surface area contributed by atoms with Crippen LogP contribution in [0, 0.1) is 23.6 Å². The summed E-state index contributed by atoms with van der Waals surface area (Å²) < 4.78 is 172. The molecule has 88 heavy (non-hydrogen) atoms. The molecule has 0 saturated carbocycles. The van der Waals surface area contributed by atoms with Gasteiger partial charge in [0.1, 0.15) is 17.4 Å². The highest BCUT2D eigenvalue weighted by Gasteiger charge is 2.36. The van der Waals surface area contributed by atoms with Gasteiger partial charge in [0.15, 0.2) is 0 Å². The lowest BCUT2D eigenvalue weighted by molar-refractivity contribution is -0.138. The van der Waals surface area contributed by atoms with Crippen LogP contribution in [0.4, 0.5) is 57.1 Å². The Hall–Kier alpha value is -6.33. The molecule has 2 aliphatic heterocycles. The molecule has 3 unspecified atom stereocenters. The molecule has 6 aromatic carbocycles. The Kier molecular flexibility index (Phi) is 22.9. The van der Waals surface area contributed by atoms with E-state index < -0.39 is 52.8 Å². The van der Waals surface area contributed by atoms with Crippen LogP contribution in [0.2, 0.25) is 0 Å². The highest BCUT2D eigenvalue weighted by atomic mass is 19.4. The molecule has 0 bridgehead atoms. The van der Waals surface area contributed by atoms with E-state index in [1.54, 1.807) is 26.0 Å². The number of carbonyl (C=O) groups is 2. The Balaban J connectivity index is 0.000000252. The van der Waals surface area contributed by atoms with E-state index in [1.807, 2.05) is 49.1 Å². The summed E-state index contributed by atoms with van der Waals surface area (Å²) in [4.78, 5) is 29.8. The predicted octanol–water partition coefficient (Wildman–Crippen LogP) is 21.1. The number of Topliss-reactive ketones (excluding diaryl/α,β-unsaturated/α-hetero) is 2. The number of ketones is 2. The number of hydrogen-bond donors (Lipinski definition) is 0. The number of benzene rings is 6. The summed E-state index contributed by atoms with van der Waals surface area (Å²) in [7, 11) is 0. The lowest BCUT2D eigenvalue weighted by Crippen LogP contribution is -2.36. The Labute approximate surface area is 508 Å². The minimum absolute atomic E-state index is 0.00723. The zero-order chi connectivity index (χ0) is 64.6. The zero-order valence-corrected chi connectivity index (χ0v) is 51.1. The van der Waals surface area contributed by atoms with Crippen molar-refractivity contribution < 1.29 is 66.7 Å². The molecule has 2 aliphatic rings. The Morgan fingerprint density at radius 2 is 0.818 bits per heavy atom. The first-order valence-electron chi connectivity index (χ1n) is 30.3. The van der Waals surface area contributed by atoms with Crippen LogP contribution in [-0.2, 0) is 40.8 Å². The van der Waals surface area contributed by atoms with Crippen molar-refractivity contribution in [3.05, 3.63) is 189 Å². The average Bonchev–Trinajstić information content (AvgIpc) is 1.01. The number of carbonyl (C=O) groups excluding carboxylic acids is 2. The van der Waals surface area contributed by atoms with Gasteiger partial charge in [0.25, 0.3) is 0 Å². The molecule has 2 saturated heterocycles. The molecule has 0 aliphatic carbocycles. The van der Waals surface area contributed by atoms with E-state index in [4.69, 9.17) is 0 Å². The molecule has 0 amide bonds. The van der Waals surface area contributed by atoms with Crippen LogP contribution in [-0.4, -0.2) is 47.5 Å². The van der Waals surface area contributed by atoms with E-state index in [-0.39, 0.29) is 65.2 Å². The summed E-state index contributed by atoms with van der Waals surface area (Å²) in [5.41, 5.74) is 4.58. The lowest BCUT2D eigenvalue weighted by Gasteiger charge is -2.39. The fourth-order valence-electron chi connectivity index (χ4n) is 12.4. The van der Waals surface area contributed by atoms with Crippen LogP contribution in [0.5, 0.6) is 0 Å². The van der Waals surface area contributed by atoms with Crippen molar-refractivity contribution in [2.75, 3.05) is 26.2 Å². The third-order valence-corrected chi connectivity index (χ3v) is 17.1. The van der Waals surface area contributed by atoms with Gasteiger partial charge in [0, 0.05) is 24.4 Å². The van der Waals surface area contributed by atoms with Crippen LogP contribution in [0.1, 0.15) is 192 Å². The van der Waals surface area contributed by atoms with Crippen LogP contribution >= 0.6 is 0 Å². The van der Waals surface area contributed by atoms with Crippen LogP contribution < -0.4 is 0 Å². The van der Waals surface area contributed by atoms with Gasteiger partial charge < -0.3 is 0 Å². The lowest BCUT2D eigenvalue weighted by atomic mass is 9.81. The number of piperidine rings is 2. The highest BCUT2D eigenvalue weighted by molar-refractivity contribution is 5.85. The van der Waals surface area contributed by atoms with Gasteiger partial charge in [-0.3, -0.25) is 19.4 Å². The second kappa shape index (κ2) is 29.1. The highest BCUT2D eigenvalue weighted by Crippen LogP contribution is 2.42. The van der Waals surface area contributed by atoms with Crippen LogP contribution in [0.3, 0.4) is 0 Å². The van der Waals surface area contributed by atoms with Gasteiger partial charge in [-0.25, -0.2) is 4.39 Å². The van der Waals surface area contributed by atoms with E-state index in [0.717, 1.165) is 114 Å². The summed E-state index contributed by atoms with van der Waals surface area (Å²) in [6, 6.07) is 30.3. The van der Waals surface area contributed by atoms with Gasteiger partial charge in [-0.1, -0.05) is 114 Å². The number of rotatable bonds is 19. The minimum atomic E-state index is -4.63. The second-order valence-corrected chi connectivity index (χ2v) is 25.3. The Morgan fingerprint density at radius 3 is 1.18 bits per heavy atom. The molecule has 0 radical (unpaired) electrons. The maximum atomic E-state index is 13.9. The SMILES string of the molecule is CC(=O)C(CC(C)C)c1cc(-c2ccc(C(F)(F)F)cc2)cc(C2CCN(C(CCC(C)C)c3ccc(C(F)(F)F)cc3)CC2)c1.CC(=O)C(CC(C)C)c1cc(-c2ccc(C(F)(F)F)cc2)cc(C2CCN(Cc3cc(F)cc(C(F)(F)F)c3)CC2)c1. The standard InChI is InChI=1S/C38H45F6NO.C33H34F7NO/c1-24(2)6-15-36(29-9-13-34(14-10-29)38(42,43)44)45-18-16-28(17-19-45)31-21-30(27-7-11-33(12-8-27)37(39,40)41)22-32(23-31)35(26(5)46)20-25(3)4;1-20(2)12-31(21(3)42)27-16-25(23-4-6-28(7-5-23)32(35,36)37)15-26(17-27)24-8-10-41(11-9-24)19-22-13-29(33(38,39)40)18-30(34)14-22/h7-14,21-25,28,35-36H,6,15-20H2,1-5H3;4-7,13-18,20,24,31H,8-12,19H2,1-3H3. The normalized spacial score (nSPS) is 16.4. The minimum Gasteiger partial charge on any atom is -0.299 e. The summed E-state index contributed by atoms with van der Waals surface area (Å²) in [6.45, 7) is 18.5. The van der Waals surface area contributed by atoms with Crippen LogP contribution in [0.25, 0.3) is 22.3 Å². The quantitative estimate of drug-likeness (QED) is 0.0758. The molecule has 0 spiro atoms. The second-order valence-electron chi connectivity index (χ2n) is 25.3. The number of likely N-dealkylation sites (tertiary alicyclic amines) is 2. The number of nitrogens with zero attached hydrogens (tertiary/aromatic N) is 2. The van der Waals surface area contributed by atoms with Crippen molar-refractivity contribution in [1.29, 1.82) is 0 Å². The first kappa shape index (κ1) is 69.1. The van der Waals surface area contributed by atoms with Crippen molar-refractivity contribution in [3.63, 3.8) is 0 Å². The van der Waals surface area contributed by atoms with Crippen molar-refractivity contribution in [2.24, 2.45) is 17.8 Å². The van der Waals surface area contributed by atoms with Crippen molar-refractivity contribution >= 4 is 11.6 Å². The first-order valence-corrected chi connectivity index (χ1v) is 30.3. The molecule has 4 nitrogen and oxygen atoms in total. The van der Waals surface area contributed by atoms with Crippen LogP contribution in [0.15, 0.2) is 127 Å². The third kappa shape index (κ3) is 19.1. The maximum absolute atomic E-state index is 13.9. The Bertz CT molecular complexity index is 3250. The molecular formula is C71H79F13N2O2. The largest absolute Gasteiger partial charge is 0.416 e. The van der Waals surface area contributed by atoms with Crippen molar-refractivity contribution in [3.8, 4) is 22.3 Å². The number of alkyl halides is 12. The molecule has 2 fully saturated rings. The van der Waals surface area contributed by atoms with E-state index in [9.17, 15) is 66.7 Å². The molecular weight excluding hydrogens is 1160 g/mol. The molecule has 8 rings (SSSR count). The predicted molar refractivity (Wildman–Crippen MR) is 320 cm³/mol. The van der Waals surface area contributed by atoms with E-state index >= 15 is 0 Å². The van der Waals surface area contributed by atoms with E-state index in [0.29, 0.717) is 61.9 Å². The molecule has 0 aromatic heterocycles. The van der Waals surface area contributed by atoms with E-state index in [1.165, 1.54) is 36.4 Å². The molecule has 17 heteroatoms. The molecule has 3 atom stereocenters. The molecule has 6 aromatic rings. The van der Waals surface area contributed by atoms with Gasteiger partial charge in [0.2, 0.25) is 0 Å². The average molecular weight is 1240 g/mol. The fourth-order valence-corrected chi connectivity index (χ4v) is 12.4. The van der Waals surface area contributed by atoms with Gasteiger partial charge in [-0.05, 0) is 231 Å². The fraction of sp³-hybridized carbons (Fsp3) is 0.465. The summed E-state index contributed by atoms with van der Waals surface area (Å²) in [6.07, 6.45) is -11.8. The van der Waals surface area contributed by atoms with Gasteiger partial charge in [-0.15, -0.1) is 0 Å². The summed E-state index contributed by atoms with van der Waals surface area (Å²) >= 11 is 0. The molecule has 476 valence electrons. The Morgan fingerprint density at radius 1 is 0.432 bits per heavy atom. The van der Waals surface area contributed by atoms with Gasteiger partial charge >= 0.3 is 24.7 Å². The third-order valence-electron chi connectivity index (χ3n) is 17.1.